The normalized spacial score (nSPS) is 16.4. The summed E-state index contributed by atoms with van der Waals surface area (Å²) in [5, 5.41) is 19.0. The number of hydrogen-bond donors (Lipinski definition) is 2. The van der Waals surface area contributed by atoms with Gasteiger partial charge in [0.05, 0.1) is 5.60 Å². The van der Waals surface area contributed by atoms with Gasteiger partial charge in [-0.05, 0) is 52.4 Å². The second-order valence-electron chi connectivity index (χ2n) is 5.83. The lowest BCUT2D eigenvalue weighted by molar-refractivity contribution is 0.0391. The Bertz CT molecular complexity index is 215. The molecule has 0 aliphatic heterocycles. The van der Waals surface area contributed by atoms with Crippen molar-refractivity contribution in [2.24, 2.45) is 5.92 Å². The fourth-order valence-corrected chi connectivity index (χ4v) is 1.99. The van der Waals surface area contributed by atoms with Crippen LogP contribution in [0.25, 0.3) is 0 Å². The molecule has 2 heteroatoms. The van der Waals surface area contributed by atoms with E-state index in [4.69, 9.17) is 5.11 Å². The van der Waals surface area contributed by atoms with Gasteiger partial charge in [-0.25, -0.2) is 0 Å². The molecule has 0 spiro atoms. The van der Waals surface area contributed by atoms with Crippen molar-refractivity contribution in [1.29, 1.82) is 0 Å². The first-order valence-corrected chi connectivity index (χ1v) is 6.84. The van der Waals surface area contributed by atoms with Gasteiger partial charge in [0, 0.05) is 6.61 Å². The van der Waals surface area contributed by atoms with Gasteiger partial charge in [-0.15, -0.1) is 0 Å². The molecule has 0 aliphatic rings. The summed E-state index contributed by atoms with van der Waals surface area (Å²) >= 11 is 0. The van der Waals surface area contributed by atoms with Crippen molar-refractivity contribution < 1.29 is 10.2 Å². The Morgan fingerprint density at radius 2 is 1.88 bits per heavy atom. The van der Waals surface area contributed by atoms with Crippen LogP contribution in [0.3, 0.4) is 0 Å². The molecule has 102 valence electrons. The summed E-state index contributed by atoms with van der Waals surface area (Å²) in [6.07, 6.45) is 7.86. The van der Waals surface area contributed by atoms with Crippen LogP contribution in [0.15, 0.2) is 11.6 Å². The number of allylic oxidation sites excluding steroid dienone is 2. The molecule has 2 nitrogen and oxygen atoms in total. The highest BCUT2D eigenvalue weighted by molar-refractivity contribution is 4.94. The maximum atomic E-state index is 10.2. The van der Waals surface area contributed by atoms with E-state index in [-0.39, 0.29) is 6.61 Å². The van der Waals surface area contributed by atoms with E-state index in [1.807, 2.05) is 6.92 Å². The molecule has 0 fully saturated rings. The summed E-state index contributed by atoms with van der Waals surface area (Å²) in [6, 6.07) is 0. The largest absolute Gasteiger partial charge is 0.396 e. The molecule has 2 N–H and O–H groups in total. The standard InChI is InChI=1S/C15H30O2/c1-13(2)7-5-10-15(4,17)11-6-8-14(3)9-12-16/h7,14,16-17H,5-6,8-12H2,1-4H3/t14-,15-/m0/s1. The molecule has 0 aromatic carbocycles. The highest BCUT2D eigenvalue weighted by atomic mass is 16.3. The zero-order chi connectivity index (χ0) is 13.3. The van der Waals surface area contributed by atoms with E-state index in [1.165, 1.54) is 5.57 Å². The summed E-state index contributed by atoms with van der Waals surface area (Å²) in [7, 11) is 0. The van der Waals surface area contributed by atoms with Gasteiger partial charge in [-0.2, -0.15) is 0 Å². The Morgan fingerprint density at radius 1 is 1.24 bits per heavy atom. The smallest absolute Gasteiger partial charge is 0.0622 e. The highest BCUT2D eigenvalue weighted by Crippen LogP contribution is 2.22. The van der Waals surface area contributed by atoms with Crippen LogP contribution in [0.4, 0.5) is 0 Å². The summed E-state index contributed by atoms with van der Waals surface area (Å²) in [5.74, 6) is 0.564. The summed E-state index contributed by atoms with van der Waals surface area (Å²) < 4.78 is 0. The maximum Gasteiger partial charge on any atom is 0.0622 e. The third-order valence-electron chi connectivity index (χ3n) is 3.27. The van der Waals surface area contributed by atoms with Crippen LogP contribution in [-0.4, -0.2) is 22.4 Å². The van der Waals surface area contributed by atoms with Crippen molar-refractivity contribution in [3.8, 4) is 0 Å². The van der Waals surface area contributed by atoms with Crippen molar-refractivity contribution in [3.63, 3.8) is 0 Å². The molecule has 0 radical (unpaired) electrons. The van der Waals surface area contributed by atoms with E-state index >= 15 is 0 Å². The van der Waals surface area contributed by atoms with Gasteiger partial charge in [0.2, 0.25) is 0 Å². The molecule has 0 aromatic heterocycles. The lowest BCUT2D eigenvalue weighted by Gasteiger charge is -2.23. The highest BCUT2D eigenvalue weighted by Gasteiger charge is 2.19. The Morgan fingerprint density at radius 3 is 2.41 bits per heavy atom. The topological polar surface area (TPSA) is 40.5 Å². The number of rotatable bonds is 9. The molecule has 2 atom stereocenters. The summed E-state index contributed by atoms with van der Waals surface area (Å²) in [6.45, 7) is 8.55. The van der Waals surface area contributed by atoms with Crippen LogP contribution in [0.2, 0.25) is 0 Å². The molecule has 0 rings (SSSR count). The number of aliphatic hydroxyl groups excluding tert-OH is 1. The van der Waals surface area contributed by atoms with E-state index in [0.29, 0.717) is 5.92 Å². The van der Waals surface area contributed by atoms with E-state index in [9.17, 15) is 5.11 Å². The van der Waals surface area contributed by atoms with Crippen molar-refractivity contribution in [1.82, 2.24) is 0 Å². The second-order valence-corrected chi connectivity index (χ2v) is 5.83. The summed E-state index contributed by atoms with van der Waals surface area (Å²) in [5.41, 5.74) is 0.780. The predicted molar refractivity (Wildman–Crippen MR) is 74.0 cm³/mol. The van der Waals surface area contributed by atoms with Crippen molar-refractivity contribution in [3.05, 3.63) is 11.6 Å². The van der Waals surface area contributed by atoms with Crippen LogP contribution >= 0.6 is 0 Å². The number of aliphatic hydroxyl groups is 2. The predicted octanol–water partition coefficient (Wildman–Crippen LogP) is 3.67. The first-order valence-electron chi connectivity index (χ1n) is 6.84. The van der Waals surface area contributed by atoms with Crippen molar-refractivity contribution in [2.75, 3.05) is 6.61 Å². The van der Waals surface area contributed by atoms with Crippen LogP contribution in [0.5, 0.6) is 0 Å². The first kappa shape index (κ1) is 16.7. The minimum absolute atomic E-state index is 0.276. The minimum Gasteiger partial charge on any atom is -0.396 e. The van der Waals surface area contributed by atoms with Gasteiger partial charge < -0.3 is 10.2 Å². The van der Waals surface area contributed by atoms with Crippen LogP contribution in [0.1, 0.15) is 66.2 Å². The third kappa shape index (κ3) is 10.5. The Kier molecular flexibility index (Phi) is 8.53. The number of hydrogen-bond acceptors (Lipinski definition) is 2. The van der Waals surface area contributed by atoms with Gasteiger partial charge in [-0.3, -0.25) is 0 Å². The monoisotopic (exact) mass is 242 g/mol. The first-order chi connectivity index (χ1) is 7.87. The molecule has 17 heavy (non-hydrogen) atoms. The van der Waals surface area contributed by atoms with E-state index < -0.39 is 5.60 Å². The van der Waals surface area contributed by atoms with E-state index in [2.05, 4.69) is 26.8 Å². The van der Waals surface area contributed by atoms with E-state index in [0.717, 1.165) is 38.5 Å². The quantitative estimate of drug-likeness (QED) is 0.606. The van der Waals surface area contributed by atoms with Crippen LogP contribution < -0.4 is 0 Å². The van der Waals surface area contributed by atoms with Crippen LogP contribution in [0, 0.1) is 5.92 Å². The molecule has 0 bridgehead atoms. The van der Waals surface area contributed by atoms with Gasteiger partial charge in [0.25, 0.3) is 0 Å². The summed E-state index contributed by atoms with van der Waals surface area (Å²) in [4.78, 5) is 0. The Labute approximate surface area is 107 Å². The molecule has 0 amide bonds. The average Bonchev–Trinajstić information content (AvgIpc) is 2.16. The molecule has 0 unspecified atom stereocenters. The molecular formula is C15H30O2. The average molecular weight is 242 g/mol. The lowest BCUT2D eigenvalue weighted by atomic mass is 9.90. The molecule has 0 saturated heterocycles. The molecule has 0 aliphatic carbocycles. The van der Waals surface area contributed by atoms with Crippen LogP contribution in [-0.2, 0) is 0 Å². The Balaban J connectivity index is 3.73. The lowest BCUT2D eigenvalue weighted by Crippen LogP contribution is -2.23. The Hall–Kier alpha value is -0.340. The zero-order valence-electron chi connectivity index (χ0n) is 12.0. The molecule has 0 heterocycles. The van der Waals surface area contributed by atoms with Crippen molar-refractivity contribution in [2.45, 2.75) is 71.8 Å². The van der Waals surface area contributed by atoms with Gasteiger partial charge in [0.15, 0.2) is 0 Å². The SMILES string of the molecule is CC(C)=CCC[C@](C)(O)CCC[C@H](C)CCO. The fourth-order valence-electron chi connectivity index (χ4n) is 1.99. The van der Waals surface area contributed by atoms with Gasteiger partial charge in [0.1, 0.15) is 0 Å². The fraction of sp³-hybridized carbons (Fsp3) is 0.867. The molecule has 0 saturated carbocycles. The zero-order valence-corrected chi connectivity index (χ0v) is 12.0. The minimum atomic E-state index is -0.537. The second kappa shape index (κ2) is 8.71. The maximum absolute atomic E-state index is 10.2. The molecular weight excluding hydrogens is 212 g/mol. The molecule has 0 aromatic rings. The van der Waals surface area contributed by atoms with E-state index in [1.54, 1.807) is 0 Å². The van der Waals surface area contributed by atoms with Gasteiger partial charge >= 0.3 is 0 Å². The van der Waals surface area contributed by atoms with Crippen molar-refractivity contribution >= 4 is 0 Å². The third-order valence-corrected chi connectivity index (χ3v) is 3.27. The van der Waals surface area contributed by atoms with Gasteiger partial charge in [-0.1, -0.05) is 31.4 Å².